The van der Waals surface area contributed by atoms with E-state index in [2.05, 4.69) is 21.4 Å². The maximum absolute atomic E-state index is 10.5. The molecule has 3 aromatic rings. The molecule has 0 saturated heterocycles. The number of benzene rings is 2. The summed E-state index contributed by atoms with van der Waals surface area (Å²) >= 11 is 0. The first-order valence-electron chi connectivity index (χ1n) is 8.98. The Morgan fingerprint density at radius 1 is 1.07 bits per heavy atom. The number of hydrogen-bond acceptors (Lipinski definition) is 7. The van der Waals surface area contributed by atoms with Gasteiger partial charge in [-0.25, -0.2) is 4.99 Å². The zero-order chi connectivity index (χ0) is 20.1. The van der Waals surface area contributed by atoms with E-state index < -0.39 is 5.54 Å². The molecule has 1 aliphatic heterocycles. The number of rotatable bonds is 6. The minimum atomic E-state index is -0.806. The number of ether oxygens (including phenoxy) is 2. The maximum atomic E-state index is 10.5. The number of amidine groups is 1. The summed E-state index contributed by atoms with van der Waals surface area (Å²) in [6.07, 6.45) is 3.56. The molecule has 4 rings (SSSR count). The third-order valence-electron chi connectivity index (χ3n) is 4.81. The minimum absolute atomic E-state index is 0.139. The predicted molar refractivity (Wildman–Crippen MR) is 107 cm³/mol. The van der Waals surface area contributed by atoms with E-state index in [4.69, 9.17) is 14.5 Å². The van der Waals surface area contributed by atoms with Crippen LogP contribution in [0.5, 0.6) is 5.75 Å². The molecule has 146 valence electrons. The fourth-order valence-electron chi connectivity index (χ4n) is 3.36. The first-order valence-corrected chi connectivity index (χ1v) is 8.98. The largest absolute Gasteiger partial charge is 0.497 e. The van der Waals surface area contributed by atoms with Gasteiger partial charge in [-0.1, -0.05) is 36.4 Å². The summed E-state index contributed by atoms with van der Waals surface area (Å²) in [5.41, 5.74) is 5.49. The molecule has 0 amide bonds. The van der Waals surface area contributed by atoms with E-state index in [1.54, 1.807) is 13.3 Å². The minimum Gasteiger partial charge on any atom is -0.497 e. The molecular formula is C22H19N3O4. The molecule has 1 aliphatic rings. The highest BCUT2D eigenvalue weighted by molar-refractivity contribution is 5.77. The summed E-state index contributed by atoms with van der Waals surface area (Å²) < 4.78 is 11.0. The molecule has 2 heterocycles. The molecule has 0 radical (unpaired) electrons. The highest BCUT2D eigenvalue weighted by Gasteiger charge is 2.41. The van der Waals surface area contributed by atoms with E-state index >= 15 is 0 Å². The van der Waals surface area contributed by atoms with Crippen molar-refractivity contribution in [1.82, 2.24) is 10.5 Å². The highest BCUT2D eigenvalue weighted by Crippen LogP contribution is 2.39. The Kier molecular flexibility index (Phi) is 5.11. The molecule has 0 fully saturated rings. The lowest BCUT2D eigenvalue weighted by molar-refractivity contribution is -0.132. The zero-order valence-corrected chi connectivity index (χ0v) is 15.7. The first-order chi connectivity index (χ1) is 14.2. The van der Waals surface area contributed by atoms with E-state index in [9.17, 15) is 4.79 Å². The fraction of sp³-hybridized carbons (Fsp3) is 0.136. The smallest absolute Gasteiger partial charge is 0.320 e. The van der Waals surface area contributed by atoms with Gasteiger partial charge in [0.1, 0.15) is 12.4 Å². The zero-order valence-electron chi connectivity index (χ0n) is 15.7. The number of pyridine rings is 1. The van der Waals surface area contributed by atoms with Gasteiger partial charge in [-0.3, -0.25) is 9.78 Å². The number of aliphatic imine (C=N–C) groups is 1. The van der Waals surface area contributed by atoms with Gasteiger partial charge in [0.25, 0.3) is 0 Å². The lowest BCUT2D eigenvalue weighted by atomic mass is 9.83. The molecule has 0 bridgehead atoms. The second-order valence-electron chi connectivity index (χ2n) is 6.43. The van der Waals surface area contributed by atoms with Crippen LogP contribution in [0.3, 0.4) is 0 Å². The third-order valence-corrected chi connectivity index (χ3v) is 4.81. The second-order valence-corrected chi connectivity index (χ2v) is 6.43. The van der Waals surface area contributed by atoms with Gasteiger partial charge >= 0.3 is 12.5 Å². The Hall–Kier alpha value is -3.87. The van der Waals surface area contributed by atoms with Crippen molar-refractivity contribution in [3.8, 4) is 16.9 Å². The SMILES string of the molecule is COc1ccc(C2(c3cccc(-c4cccnc4)c3)COC(NOC=O)=N2)cc1. The highest BCUT2D eigenvalue weighted by atomic mass is 16.7. The van der Waals surface area contributed by atoms with Gasteiger partial charge in [-0.2, -0.15) is 5.48 Å². The van der Waals surface area contributed by atoms with Crippen LogP contribution < -0.4 is 10.2 Å². The third kappa shape index (κ3) is 3.62. The normalized spacial score (nSPS) is 17.8. The molecule has 29 heavy (non-hydrogen) atoms. The molecular weight excluding hydrogens is 370 g/mol. The number of aromatic nitrogens is 1. The van der Waals surface area contributed by atoms with Gasteiger partial charge in [-0.05, 0) is 46.5 Å². The van der Waals surface area contributed by atoms with Gasteiger partial charge in [0, 0.05) is 12.4 Å². The number of nitrogens with one attached hydrogen (secondary N) is 1. The molecule has 1 atom stereocenters. The van der Waals surface area contributed by atoms with E-state index in [0.29, 0.717) is 0 Å². The Balaban J connectivity index is 1.81. The molecule has 0 aliphatic carbocycles. The average molecular weight is 389 g/mol. The molecule has 2 aromatic carbocycles. The quantitative estimate of drug-likeness (QED) is 0.515. The molecule has 1 aromatic heterocycles. The summed E-state index contributed by atoms with van der Waals surface area (Å²) in [4.78, 5) is 24.1. The number of nitrogens with zero attached hydrogens (tertiary/aromatic N) is 2. The van der Waals surface area contributed by atoms with Gasteiger partial charge in [-0.15, -0.1) is 0 Å². The number of hydroxylamine groups is 1. The van der Waals surface area contributed by atoms with Gasteiger partial charge < -0.3 is 14.3 Å². The first kappa shape index (κ1) is 18.5. The molecule has 0 spiro atoms. The second kappa shape index (κ2) is 8.02. The van der Waals surface area contributed by atoms with Crippen molar-refractivity contribution in [3.05, 3.63) is 84.2 Å². The van der Waals surface area contributed by atoms with Crippen LogP contribution in [-0.4, -0.2) is 31.2 Å². The summed E-state index contributed by atoms with van der Waals surface area (Å²) in [5, 5.41) is 0. The summed E-state index contributed by atoms with van der Waals surface area (Å²) in [6.45, 7) is 0.530. The number of carbonyl (C=O) groups excluding carboxylic acids is 1. The molecule has 7 nitrogen and oxygen atoms in total. The van der Waals surface area contributed by atoms with Crippen molar-refractivity contribution in [2.45, 2.75) is 5.54 Å². The van der Waals surface area contributed by atoms with E-state index in [1.807, 2.05) is 60.8 Å². The number of hydrogen-bond donors (Lipinski definition) is 1. The Bertz CT molecular complexity index is 1020. The Morgan fingerprint density at radius 2 is 1.90 bits per heavy atom. The van der Waals surface area contributed by atoms with Crippen LogP contribution >= 0.6 is 0 Å². The number of methoxy groups -OCH3 is 1. The summed E-state index contributed by atoms with van der Waals surface area (Å²) in [6, 6.07) is 19.8. The van der Waals surface area contributed by atoms with E-state index in [0.717, 1.165) is 28.0 Å². The lowest BCUT2D eigenvalue weighted by Gasteiger charge is -2.26. The topological polar surface area (TPSA) is 82.0 Å². The maximum Gasteiger partial charge on any atom is 0.320 e. The predicted octanol–water partition coefficient (Wildman–Crippen LogP) is 3.06. The molecule has 7 heteroatoms. The Morgan fingerprint density at radius 3 is 2.62 bits per heavy atom. The van der Waals surface area contributed by atoms with Gasteiger partial charge in [0.2, 0.25) is 0 Å². The summed E-state index contributed by atoms with van der Waals surface area (Å²) in [5.74, 6) is 0.749. The monoisotopic (exact) mass is 389 g/mol. The van der Waals surface area contributed by atoms with Gasteiger partial charge in [0.15, 0.2) is 5.54 Å². The van der Waals surface area contributed by atoms with Crippen LogP contribution in [0.25, 0.3) is 11.1 Å². The average Bonchev–Trinajstić information content (AvgIpc) is 3.24. The molecule has 1 N–H and O–H groups in total. The number of carbonyl (C=O) groups is 1. The lowest BCUT2D eigenvalue weighted by Crippen LogP contribution is -2.27. The van der Waals surface area contributed by atoms with Crippen molar-refractivity contribution in [1.29, 1.82) is 0 Å². The van der Waals surface area contributed by atoms with Crippen LogP contribution in [0.4, 0.5) is 0 Å². The van der Waals surface area contributed by atoms with Crippen molar-refractivity contribution in [2.75, 3.05) is 13.7 Å². The standard InChI is InChI=1S/C22H19N3O4/c1-27-20-9-7-18(8-10-20)22(14-28-21(24-22)25-29-15-26)19-6-2-4-16(12-19)17-5-3-11-23-13-17/h2-13,15H,14H2,1H3,(H,24,25). The van der Waals surface area contributed by atoms with Crippen LogP contribution in [-0.2, 0) is 19.9 Å². The van der Waals surface area contributed by atoms with Crippen molar-refractivity contribution in [2.24, 2.45) is 4.99 Å². The molecule has 1 unspecified atom stereocenters. The van der Waals surface area contributed by atoms with Crippen LogP contribution in [0.1, 0.15) is 11.1 Å². The van der Waals surface area contributed by atoms with Crippen molar-refractivity contribution in [3.63, 3.8) is 0 Å². The van der Waals surface area contributed by atoms with Crippen LogP contribution in [0.2, 0.25) is 0 Å². The summed E-state index contributed by atoms with van der Waals surface area (Å²) in [7, 11) is 1.62. The van der Waals surface area contributed by atoms with Crippen molar-refractivity contribution >= 4 is 12.5 Å². The van der Waals surface area contributed by atoms with E-state index in [-0.39, 0.29) is 19.1 Å². The van der Waals surface area contributed by atoms with Crippen LogP contribution in [0.15, 0.2) is 78.0 Å². The molecule has 0 saturated carbocycles. The van der Waals surface area contributed by atoms with Gasteiger partial charge in [0.05, 0.1) is 7.11 Å². The van der Waals surface area contributed by atoms with E-state index in [1.165, 1.54) is 0 Å². The Labute approximate surface area is 167 Å². The van der Waals surface area contributed by atoms with Crippen LogP contribution in [0, 0.1) is 0 Å². The van der Waals surface area contributed by atoms with Crippen molar-refractivity contribution < 1.29 is 19.1 Å². The fourth-order valence-corrected chi connectivity index (χ4v) is 3.36.